The molecule has 1 aromatic carbocycles. The van der Waals surface area contributed by atoms with Crippen LogP contribution in [0.5, 0.6) is 11.5 Å². The maximum Gasteiger partial charge on any atom is 0.146 e. The van der Waals surface area contributed by atoms with Crippen LogP contribution >= 0.6 is 35.0 Å². The maximum absolute atomic E-state index is 5.91. The van der Waals surface area contributed by atoms with Crippen LogP contribution in [0.25, 0.3) is 0 Å². The Morgan fingerprint density at radius 3 is 2.59 bits per heavy atom. The van der Waals surface area contributed by atoms with Crippen molar-refractivity contribution in [3.8, 4) is 11.5 Å². The fourth-order valence-electron chi connectivity index (χ4n) is 1.24. The number of pyridine rings is 1. The summed E-state index contributed by atoms with van der Waals surface area (Å²) in [6, 6.07) is 7.06. The molecule has 0 aliphatic rings. The lowest BCUT2D eigenvalue weighted by molar-refractivity contribution is 0.478. The van der Waals surface area contributed by atoms with Gasteiger partial charge in [-0.15, -0.1) is 11.8 Å². The first kappa shape index (κ1) is 12.6. The van der Waals surface area contributed by atoms with Crippen LogP contribution in [0.15, 0.2) is 41.6 Å². The monoisotopic (exact) mass is 285 g/mol. The highest BCUT2D eigenvalue weighted by atomic mass is 35.5. The van der Waals surface area contributed by atoms with Crippen molar-refractivity contribution < 1.29 is 4.74 Å². The summed E-state index contributed by atoms with van der Waals surface area (Å²) in [5, 5.41) is 0.980. The first-order valence-corrected chi connectivity index (χ1v) is 6.79. The standard InChI is InChI=1S/C12H9Cl2NOS/c1-17-10-4-9(6-15-7-10)16-8-2-3-11(13)12(14)5-8/h2-7H,1H3. The quantitative estimate of drug-likeness (QED) is 0.749. The fraction of sp³-hybridized carbons (Fsp3) is 0.0833. The molecule has 0 bridgehead atoms. The zero-order chi connectivity index (χ0) is 12.3. The van der Waals surface area contributed by atoms with E-state index in [0.717, 1.165) is 4.90 Å². The molecule has 2 nitrogen and oxygen atoms in total. The molecule has 2 rings (SSSR count). The molecule has 0 fully saturated rings. The summed E-state index contributed by atoms with van der Waals surface area (Å²) in [5.74, 6) is 1.31. The molecule has 2 aromatic rings. The first-order valence-electron chi connectivity index (χ1n) is 4.81. The second-order valence-electron chi connectivity index (χ2n) is 3.24. The lowest BCUT2D eigenvalue weighted by Gasteiger charge is -2.07. The predicted molar refractivity (Wildman–Crippen MR) is 72.6 cm³/mol. The highest BCUT2D eigenvalue weighted by molar-refractivity contribution is 7.98. The van der Waals surface area contributed by atoms with Crippen LogP contribution in [0.1, 0.15) is 0 Å². The Hall–Kier alpha value is -0.900. The largest absolute Gasteiger partial charge is 0.456 e. The van der Waals surface area contributed by atoms with Crippen molar-refractivity contribution in [2.24, 2.45) is 0 Å². The minimum atomic E-state index is 0.471. The number of hydrogen-bond acceptors (Lipinski definition) is 3. The van der Waals surface area contributed by atoms with Gasteiger partial charge < -0.3 is 4.74 Å². The molecule has 0 saturated heterocycles. The molecular weight excluding hydrogens is 277 g/mol. The van der Waals surface area contributed by atoms with Crippen LogP contribution in [0.3, 0.4) is 0 Å². The maximum atomic E-state index is 5.91. The van der Waals surface area contributed by atoms with Gasteiger partial charge in [0.1, 0.15) is 11.5 Å². The highest BCUT2D eigenvalue weighted by Crippen LogP contribution is 2.30. The SMILES string of the molecule is CSc1cncc(Oc2ccc(Cl)c(Cl)c2)c1. The van der Waals surface area contributed by atoms with Gasteiger partial charge in [-0.2, -0.15) is 0 Å². The molecule has 17 heavy (non-hydrogen) atoms. The van der Waals surface area contributed by atoms with E-state index in [1.807, 2.05) is 12.3 Å². The second kappa shape index (κ2) is 5.63. The number of halogens is 2. The average Bonchev–Trinajstić information content (AvgIpc) is 2.34. The summed E-state index contributed by atoms with van der Waals surface area (Å²) < 4.78 is 5.64. The van der Waals surface area contributed by atoms with E-state index < -0.39 is 0 Å². The Morgan fingerprint density at radius 1 is 1.06 bits per heavy atom. The summed E-state index contributed by atoms with van der Waals surface area (Å²) in [5.41, 5.74) is 0. The van der Waals surface area contributed by atoms with Crippen LogP contribution in [-0.4, -0.2) is 11.2 Å². The number of benzene rings is 1. The minimum Gasteiger partial charge on any atom is -0.456 e. The molecule has 0 N–H and O–H groups in total. The zero-order valence-electron chi connectivity index (χ0n) is 8.98. The van der Waals surface area contributed by atoms with Crippen molar-refractivity contribution in [2.45, 2.75) is 4.90 Å². The third-order valence-electron chi connectivity index (χ3n) is 2.05. The summed E-state index contributed by atoms with van der Waals surface area (Å²) in [6.07, 6.45) is 5.43. The van der Waals surface area contributed by atoms with E-state index >= 15 is 0 Å². The fourth-order valence-corrected chi connectivity index (χ4v) is 1.93. The number of ether oxygens (including phenoxy) is 1. The van der Waals surface area contributed by atoms with Gasteiger partial charge in [-0.1, -0.05) is 23.2 Å². The van der Waals surface area contributed by atoms with Crippen LogP contribution in [0.4, 0.5) is 0 Å². The topological polar surface area (TPSA) is 22.1 Å². The van der Waals surface area contributed by atoms with E-state index in [-0.39, 0.29) is 0 Å². The van der Waals surface area contributed by atoms with E-state index in [0.29, 0.717) is 21.5 Å². The second-order valence-corrected chi connectivity index (χ2v) is 4.93. The Labute approximate surface area is 114 Å². The van der Waals surface area contributed by atoms with Gasteiger partial charge in [-0.05, 0) is 24.5 Å². The summed E-state index contributed by atoms with van der Waals surface area (Å²) >= 11 is 13.3. The third kappa shape index (κ3) is 3.28. The van der Waals surface area contributed by atoms with E-state index in [9.17, 15) is 0 Å². The summed E-state index contributed by atoms with van der Waals surface area (Å²) in [6.45, 7) is 0. The lowest BCUT2D eigenvalue weighted by atomic mass is 10.3. The molecule has 5 heteroatoms. The first-order chi connectivity index (χ1) is 8.19. The lowest BCUT2D eigenvalue weighted by Crippen LogP contribution is -1.86. The Balaban J connectivity index is 2.22. The van der Waals surface area contributed by atoms with E-state index in [1.54, 1.807) is 42.4 Å². The molecular formula is C12H9Cl2NOS. The number of rotatable bonds is 3. The number of hydrogen-bond donors (Lipinski definition) is 0. The van der Waals surface area contributed by atoms with Gasteiger partial charge in [0.2, 0.25) is 0 Å². The number of aromatic nitrogens is 1. The van der Waals surface area contributed by atoms with Gasteiger partial charge >= 0.3 is 0 Å². The zero-order valence-corrected chi connectivity index (χ0v) is 11.3. The third-order valence-corrected chi connectivity index (χ3v) is 3.48. The Morgan fingerprint density at radius 2 is 1.88 bits per heavy atom. The van der Waals surface area contributed by atoms with Gasteiger partial charge in [-0.3, -0.25) is 4.98 Å². The van der Waals surface area contributed by atoms with Crippen molar-refractivity contribution in [1.29, 1.82) is 0 Å². The Bertz CT molecular complexity index is 534. The highest BCUT2D eigenvalue weighted by Gasteiger charge is 2.02. The smallest absolute Gasteiger partial charge is 0.146 e. The molecule has 0 spiro atoms. The molecule has 1 heterocycles. The van der Waals surface area contributed by atoms with Gasteiger partial charge in [0.25, 0.3) is 0 Å². The van der Waals surface area contributed by atoms with Crippen LogP contribution in [0, 0.1) is 0 Å². The summed E-state index contributed by atoms with van der Waals surface area (Å²) in [4.78, 5) is 5.13. The van der Waals surface area contributed by atoms with Crippen molar-refractivity contribution in [2.75, 3.05) is 6.26 Å². The average molecular weight is 286 g/mol. The molecule has 1 aromatic heterocycles. The van der Waals surface area contributed by atoms with Gasteiger partial charge in [-0.25, -0.2) is 0 Å². The van der Waals surface area contributed by atoms with E-state index in [4.69, 9.17) is 27.9 Å². The van der Waals surface area contributed by atoms with Crippen LogP contribution in [-0.2, 0) is 0 Å². The summed E-state index contributed by atoms with van der Waals surface area (Å²) in [7, 11) is 0. The predicted octanol–water partition coefficient (Wildman–Crippen LogP) is 4.90. The molecule has 0 atom stereocenters. The van der Waals surface area contributed by atoms with Gasteiger partial charge in [0.15, 0.2) is 0 Å². The molecule has 0 radical (unpaired) electrons. The van der Waals surface area contributed by atoms with Crippen LogP contribution in [0.2, 0.25) is 10.0 Å². The van der Waals surface area contributed by atoms with Crippen molar-refractivity contribution in [3.05, 3.63) is 46.7 Å². The number of thioether (sulfide) groups is 1. The van der Waals surface area contributed by atoms with E-state index in [1.165, 1.54) is 0 Å². The van der Waals surface area contributed by atoms with E-state index in [2.05, 4.69) is 4.98 Å². The van der Waals surface area contributed by atoms with Gasteiger partial charge in [0, 0.05) is 17.2 Å². The normalized spacial score (nSPS) is 10.3. The van der Waals surface area contributed by atoms with Crippen molar-refractivity contribution in [3.63, 3.8) is 0 Å². The molecule has 0 unspecified atom stereocenters. The molecule has 0 aliphatic heterocycles. The molecule has 88 valence electrons. The minimum absolute atomic E-state index is 0.471. The molecule has 0 saturated carbocycles. The van der Waals surface area contributed by atoms with Crippen molar-refractivity contribution in [1.82, 2.24) is 4.98 Å². The molecule has 0 amide bonds. The Kier molecular flexibility index (Phi) is 4.15. The molecule has 0 aliphatic carbocycles. The van der Waals surface area contributed by atoms with Crippen LogP contribution < -0.4 is 4.74 Å². The van der Waals surface area contributed by atoms with Gasteiger partial charge in [0.05, 0.1) is 16.2 Å². The van der Waals surface area contributed by atoms with Crippen molar-refractivity contribution >= 4 is 35.0 Å². The number of nitrogens with zero attached hydrogens (tertiary/aromatic N) is 1.